The van der Waals surface area contributed by atoms with Crippen molar-refractivity contribution in [2.75, 3.05) is 5.32 Å². The Morgan fingerprint density at radius 1 is 1.42 bits per heavy atom. The van der Waals surface area contributed by atoms with Gasteiger partial charge in [-0.15, -0.1) is 10.2 Å². The first-order chi connectivity index (χ1) is 9.28. The van der Waals surface area contributed by atoms with Crippen LogP contribution in [0.2, 0.25) is 0 Å². The first kappa shape index (κ1) is 11.4. The Kier molecular flexibility index (Phi) is 2.71. The fourth-order valence-electron chi connectivity index (χ4n) is 1.76. The van der Waals surface area contributed by atoms with E-state index in [4.69, 9.17) is 0 Å². The van der Waals surface area contributed by atoms with E-state index in [0.717, 1.165) is 12.4 Å². The van der Waals surface area contributed by atoms with Gasteiger partial charge in [-0.05, 0) is 6.92 Å². The smallest absolute Gasteiger partial charge is 0.348 e. The van der Waals surface area contributed by atoms with Crippen LogP contribution in [0.1, 0.15) is 12.7 Å². The van der Waals surface area contributed by atoms with Gasteiger partial charge in [0.1, 0.15) is 18.5 Å². The monoisotopic (exact) mass is 260 g/mol. The third-order valence-corrected chi connectivity index (χ3v) is 2.77. The van der Waals surface area contributed by atoms with Gasteiger partial charge in [0.15, 0.2) is 11.5 Å². The van der Waals surface area contributed by atoms with E-state index in [9.17, 15) is 4.79 Å². The molecule has 9 nitrogen and oxygen atoms in total. The maximum Gasteiger partial charge on any atom is 0.348 e. The highest BCUT2D eigenvalue weighted by Gasteiger charge is 2.05. The molecule has 0 unspecified atom stereocenters. The fraction of sp³-hybridized carbons (Fsp3) is 0.300. The average Bonchev–Trinajstić information content (AvgIpc) is 3.03. The molecule has 0 aromatic carbocycles. The van der Waals surface area contributed by atoms with E-state index in [2.05, 4.69) is 30.7 Å². The van der Waals surface area contributed by atoms with Crippen molar-refractivity contribution in [1.29, 1.82) is 0 Å². The average molecular weight is 260 g/mol. The summed E-state index contributed by atoms with van der Waals surface area (Å²) < 4.78 is 3.27. The van der Waals surface area contributed by atoms with E-state index in [1.807, 2.05) is 11.5 Å². The molecule has 0 amide bonds. The molecule has 98 valence electrons. The molecule has 0 atom stereocenters. The predicted octanol–water partition coefficient (Wildman–Crippen LogP) is -0.359. The van der Waals surface area contributed by atoms with Crippen molar-refractivity contribution >= 4 is 11.5 Å². The van der Waals surface area contributed by atoms with Crippen LogP contribution in [0.25, 0.3) is 5.65 Å². The zero-order valence-electron chi connectivity index (χ0n) is 10.2. The molecule has 19 heavy (non-hydrogen) atoms. The Bertz CT molecular complexity index is 754. The van der Waals surface area contributed by atoms with Gasteiger partial charge in [-0.1, -0.05) is 0 Å². The number of hydrogen-bond acceptors (Lipinski definition) is 6. The molecule has 0 fully saturated rings. The van der Waals surface area contributed by atoms with Crippen molar-refractivity contribution in [3.05, 3.63) is 35.0 Å². The second-order valence-electron chi connectivity index (χ2n) is 3.92. The van der Waals surface area contributed by atoms with E-state index in [1.54, 1.807) is 12.4 Å². The minimum Gasteiger partial charge on any atom is -0.363 e. The molecular weight excluding hydrogens is 248 g/mol. The van der Waals surface area contributed by atoms with Crippen LogP contribution in [0.4, 0.5) is 5.82 Å². The lowest BCUT2D eigenvalue weighted by Crippen LogP contribution is -2.11. The fourth-order valence-corrected chi connectivity index (χ4v) is 1.76. The van der Waals surface area contributed by atoms with Gasteiger partial charge in [0.05, 0.1) is 6.54 Å². The molecule has 9 heteroatoms. The van der Waals surface area contributed by atoms with Gasteiger partial charge in [0, 0.05) is 12.6 Å². The number of aromatic nitrogens is 7. The first-order valence-corrected chi connectivity index (χ1v) is 5.81. The Morgan fingerprint density at radius 2 is 2.32 bits per heavy atom. The Balaban J connectivity index is 1.80. The highest BCUT2D eigenvalue weighted by atomic mass is 16.1. The summed E-state index contributed by atoms with van der Waals surface area (Å²) in [7, 11) is 0. The van der Waals surface area contributed by atoms with Crippen LogP contribution in [0, 0.1) is 0 Å². The van der Waals surface area contributed by atoms with Gasteiger partial charge in [0.2, 0.25) is 0 Å². The summed E-state index contributed by atoms with van der Waals surface area (Å²) in [6.07, 6.45) is 3.11. The SMILES string of the molecule is CCn1cnnc1CNc1cc2n[nH]c(=O)n2cn1. The molecule has 3 heterocycles. The normalized spacial score (nSPS) is 11.0. The summed E-state index contributed by atoms with van der Waals surface area (Å²) in [5.41, 5.74) is 0.208. The molecule has 0 aliphatic carbocycles. The first-order valence-electron chi connectivity index (χ1n) is 5.81. The molecule has 0 radical (unpaired) electrons. The number of nitrogens with one attached hydrogen (secondary N) is 2. The molecular formula is C10H12N8O. The van der Waals surface area contributed by atoms with Gasteiger partial charge in [-0.25, -0.2) is 19.3 Å². The van der Waals surface area contributed by atoms with Crippen LogP contribution in [-0.4, -0.2) is 34.3 Å². The van der Waals surface area contributed by atoms with E-state index in [0.29, 0.717) is 18.0 Å². The summed E-state index contributed by atoms with van der Waals surface area (Å²) >= 11 is 0. The van der Waals surface area contributed by atoms with Crippen LogP contribution in [0.15, 0.2) is 23.5 Å². The maximum atomic E-state index is 11.3. The molecule has 0 aliphatic rings. The number of aryl methyl sites for hydroxylation is 1. The van der Waals surface area contributed by atoms with E-state index in [-0.39, 0.29) is 5.69 Å². The molecule has 0 saturated carbocycles. The summed E-state index contributed by atoms with van der Waals surface area (Å²) in [6.45, 7) is 3.34. The molecule has 0 spiro atoms. The van der Waals surface area contributed by atoms with Crippen LogP contribution in [-0.2, 0) is 13.1 Å². The lowest BCUT2D eigenvalue weighted by Gasteiger charge is -2.05. The molecule has 3 rings (SSSR count). The van der Waals surface area contributed by atoms with Gasteiger partial charge >= 0.3 is 5.69 Å². The third kappa shape index (κ3) is 2.05. The van der Waals surface area contributed by atoms with Crippen LogP contribution < -0.4 is 11.0 Å². The third-order valence-electron chi connectivity index (χ3n) is 2.77. The van der Waals surface area contributed by atoms with Gasteiger partial charge < -0.3 is 9.88 Å². The quantitative estimate of drug-likeness (QED) is 0.663. The van der Waals surface area contributed by atoms with E-state index in [1.165, 1.54) is 10.7 Å². The molecule has 3 aromatic rings. The highest BCUT2D eigenvalue weighted by molar-refractivity contribution is 5.48. The molecule has 0 aliphatic heterocycles. The summed E-state index contributed by atoms with van der Waals surface area (Å²) in [5.74, 6) is 1.45. The zero-order valence-corrected chi connectivity index (χ0v) is 10.2. The van der Waals surface area contributed by atoms with Crippen molar-refractivity contribution in [1.82, 2.24) is 34.3 Å². The van der Waals surface area contributed by atoms with E-state index < -0.39 is 0 Å². The Hall–Kier alpha value is -2.71. The van der Waals surface area contributed by atoms with E-state index >= 15 is 0 Å². The summed E-state index contributed by atoms with van der Waals surface area (Å²) in [4.78, 5) is 15.4. The minimum atomic E-state index is -0.306. The predicted molar refractivity (Wildman–Crippen MR) is 66.6 cm³/mol. The second kappa shape index (κ2) is 4.52. The number of anilines is 1. The minimum absolute atomic E-state index is 0.306. The number of fused-ring (bicyclic) bond motifs is 1. The zero-order chi connectivity index (χ0) is 13.2. The number of H-pyrrole nitrogens is 1. The van der Waals surface area contributed by atoms with Gasteiger partial charge in [-0.3, -0.25) is 0 Å². The molecule has 3 aromatic heterocycles. The van der Waals surface area contributed by atoms with Crippen molar-refractivity contribution in [2.24, 2.45) is 0 Å². The van der Waals surface area contributed by atoms with Crippen LogP contribution >= 0.6 is 0 Å². The molecule has 0 saturated heterocycles. The van der Waals surface area contributed by atoms with Crippen molar-refractivity contribution < 1.29 is 0 Å². The number of aromatic amines is 1. The largest absolute Gasteiger partial charge is 0.363 e. The van der Waals surface area contributed by atoms with Crippen molar-refractivity contribution in [3.63, 3.8) is 0 Å². The Morgan fingerprint density at radius 3 is 3.16 bits per heavy atom. The summed E-state index contributed by atoms with van der Waals surface area (Å²) in [6, 6.07) is 1.69. The standard InChI is InChI=1S/C10H12N8O/c1-2-17-6-13-14-9(17)4-11-7-3-8-15-16-10(19)18(8)5-12-7/h3,5-6,11H,2,4H2,1H3,(H,16,19). The summed E-state index contributed by atoms with van der Waals surface area (Å²) in [5, 5.41) is 17.2. The van der Waals surface area contributed by atoms with Gasteiger partial charge in [0.25, 0.3) is 0 Å². The Labute approximate surface area is 107 Å². The second-order valence-corrected chi connectivity index (χ2v) is 3.92. The molecule has 0 bridgehead atoms. The lowest BCUT2D eigenvalue weighted by atomic mass is 10.5. The molecule has 2 N–H and O–H groups in total. The van der Waals surface area contributed by atoms with Gasteiger partial charge in [-0.2, -0.15) is 5.10 Å². The maximum absolute atomic E-state index is 11.3. The van der Waals surface area contributed by atoms with Crippen LogP contribution in [0.5, 0.6) is 0 Å². The van der Waals surface area contributed by atoms with Crippen molar-refractivity contribution in [3.8, 4) is 0 Å². The topological polar surface area (TPSA) is 106 Å². The highest BCUT2D eigenvalue weighted by Crippen LogP contribution is 2.06. The number of rotatable bonds is 4. The number of hydrogen-bond donors (Lipinski definition) is 2. The number of nitrogens with zero attached hydrogens (tertiary/aromatic N) is 6. The van der Waals surface area contributed by atoms with Crippen LogP contribution in [0.3, 0.4) is 0 Å². The lowest BCUT2D eigenvalue weighted by molar-refractivity contribution is 0.707. The van der Waals surface area contributed by atoms with Crippen molar-refractivity contribution in [2.45, 2.75) is 20.0 Å².